The molecule has 4 rings (SSSR count). The SMILES string of the molecule is CCN(Cc1ccc(OCCN(C)C)cc1)C1C=C(OC)C=CC1[C@@H]1CCc2cc(O)ccc2C1. The molecule has 2 aliphatic carbocycles. The molecule has 0 amide bonds. The summed E-state index contributed by atoms with van der Waals surface area (Å²) >= 11 is 0. The van der Waals surface area contributed by atoms with Crippen molar-refractivity contribution in [3.8, 4) is 11.5 Å². The minimum atomic E-state index is 0.277. The van der Waals surface area contributed by atoms with E-state index in [0.717, 1.165) is 50.4 Å². The summed E-state index contributed by atoms with van der Waals surface area (Å²) in [5.41, 5.74) is 3.96. The van der Waals surface area contributed by atoms with Crippen molar-refractivity contribution in [2.45, 2.75) is 38.8 Å². The first-order valence-electron chi connectivity index (χ1n) is 12.8. The Morgan fingerprint density at radius 1 is 1.06 bits per heavy atom. The number of hydrogen-bond donors (Lipinski definition) is 1. The highest BCUT2D eigenvalue weighted by atomic mass is 16.5. The number of likely N-dealkylation sites (N-methyl/N-ethyl adjacent to an activating group) is 2. The second-order valence-corrected chi connectivity index (χ2v) is 10.0. The van der Waals surface area contributed by atoms with Gasteiger partial charge in [0.1, 0.15) is 23.9 Å². The summed E-state index contributed by atoms with van der Waals surface area (Å²) in [7, 11) is 5.86. The smallest absolute Gasteiger partial charge is 0.119 e. The number of aromatic hydroxyl groups is 1. The van der Waals surface area contributed by atoms with Crippen LogP contribution in [-0.2, 0) is 24.1 Å². The van der Waals surface area contributed by atoms with Crippen molar-refractivity contribution in [2.75, 3.05) is 40.9 Å². The largest absolute Gasteiger partial charge is 0.508 e. The Bertz CT molecular complexity index is 1030. The number of hydrogen-bond acceptors (Lipinski definition) is 5. The van der Waals surface area contributed by atoms with Gasteiger partial charge in [-0.1, -0.05) is 31.2 Å². The lowest BCUT2D eigenvalue weighted by atomic mass is 9.72. The van der Waals surface area contributed by atoms with Crippen LogP contribution in [0.4, 0.5) is 0 Å². The topological polar surface area (TPSA) is 45.2 Å². The third-order valence-electron chi connectivity index (χ3n) is 7.39. The number of fused-ring (bicyclic) bond motifs is 1. The molecular weight excluding hydrogens is 436 g/mol. The van der Waals surface area contributed by atoms with Crippen molar-refractivity contribution < 1.29 is 14.6 Å². The van der Waals surface area contributed by atoms with E-state index in [4.69, 9.17) is 9.47 Å². The lowest BCUT2D eigenvalue weighted by molar-refractivity contribution is 0.147. The zero-order valence-corrected chi connectivity index (χ0v) is 21.6. The highest BCUT2D eigenvalue weighted by Crippen LogP contribution is 2.38. The molecule has 2 aliphatic rings. The second kappa shape index (κ2) is 11.8. The van der Waals surface area contributed by atoms with Crippen LogP contribution < -0.4 is 4.74 Å². The maximum atomic E-state index is 9.88. The van der Waals surface area contributed by atoms with Crippen molar-refractivity contribution >= 4 is 0 Å². The number of ether oxygens (including phenoxy) is 2. The lowest BCUT2D eigenvalue weighted by Crippen LogP contribution is -2.43. The quantitative estimate of drug-likeness (QED) is 0.520. The van der Waals surface area contributed by atoms with Crippen molar-refractivity contribution in [3.63, 3.8) is 0 Å². The van der Waals surface area contributed by atoms with E-state index in [1.165, 1.54) is 16.7 Å². The predicted octanol–water partition coefficient (Wildman–Crippen LogP) is 5.04. The van der Waals surface area contributed by atoms with Gasteiger partial charge in [-0.2, -0.15) is 0 Å². The molecule has 5 nitrogen and oxygen atoms in total. The fourth-order valence-corrected chi connectivity index (χ4v) is 5.37. The zero-order valence-electron chi connectivity index (χ0n) is 21.6. The Balaban J connectivity index is 1.47. The number of aryl methyl sites for hydroxylation is 1. The average molecular weight is 477 g/mol. The van der Waals surface area contributed by atoms with Crippen molar-refractivity contribution in [1.29, 1.82) is 0 Å². The highest BCUT2D eigenvalue weighted by Gasteiger charge is 2.34. The van der Waals surface area contributed by atoms with Crippen LogP contribution >= 0.6 is 0 Å². The van der Waals surface area contributed by atoms with Crippen LogP contribution in [0.15, 0.2) is 66.5 Å². The van der Waals surface area contributed by atoms with E-state index < -0.39 is 0 Å². The van der Waals surface area contributed by atoms with Gasteiger partial charge < -0.3 is 19.5 Å². The van der Waals surface area contributed by atoms with Crippen molar-refractivity contribution in [3.05, 3.63) is 83.1 Å². The first kappa shape index (κ1) is 25.3. The monoisotopic (exact) mass is 476 g/mol. The van der Waals surface area contributed by atoms with Gasteiger partial charge in [-0.15, -0.1) is 0 Å². The molecule has 0 fully saturated rings. The predicted molar refractivity (Wildman–Crippen MR) is 142 cm³/mol. The van der Waals surface area contributed by atoms with Crippen molar-refractivity contribution in [1.82, 2.24) is 9.80 Å². The molecule has 1 N–H and O–H groups in total. The maximum Gasteiger partial charge on any atom is 0.119 e. The Morgan fingerprint density at radius 3 is 2.57 bits per heavy atom. The molecule has 0 aromatic heterocycles. The summed E-state index contributed by atoms with van der Waals surface area (Å²) in [6, 6.07) is 14.7. The molecule has 35 heavy (non-hydrogen) atoms. The van der Waals surface area contributed by atoms with Gasteiger partial charge in [0.15, 0.2) is 0 Å². The fourth-order valence-electron chi connectivity index (χ4n) is 5.37. The van der Waals surface area contributed by atoms with Gasteiger partial charge in [-0.05, 0) is 105 Å². The number of allylic oxidation sites excluding steroid dienone is 1. The summed E-state index contributed by atoms with van der Waals surface area (Å²) in [5, 5.41) is 9.88. The number of methoxy groups -OCH3 is 1. The Hall–Kier alpha value is -2.76. The average Bonchev–Trinajstić information content (AvgIpc) is 2.87. The van der Waals surface area contributed by atoms with Gasteiger partial charge in [0.05, 0.1) is 7.11 Å². The summed E-state index contributed by atoms with van der Waals surface area (Å²) in [5.74, 6) is 3.21. The molecular formula is C30H40N2O3. The number of rotatable bonds is 10. The summed E-state index contributed by atoms with van der Waals surface area (Å²) in [4.78, 5) is 4.68. The first-order chi connectivity index (χ1) is 17.0. The number of phenols is 1. The van der Waals surface area contributed by atoms with Crippen LogP contribution in [0, 0.1) is 11.8 Å². The van der Waals surface area contributed by atoms with Crippen molar-refractivity contribution in [2.24, 2.45) is 11.8 Å². The molecule has 2 unspecified atom stereocenters. The van der Waals surface area contributed by atoms with E-state index in [1.807, 2.05) is 12.1 Å². The fraction of sp³-hybridized carbons (Fsp3) is 0.467. The van der Waals surface area contributed by atoms with E-state index in [1.54, 1.807) is 7.11 Å². The van der Waals surface area contributed by atoms with Crippen LogP contribution in [-0.4, -0.2) is 61.8 Å². The molecule has 0 bridgehead atoms. The number of phenolic OH excluding ortho intramolecular Hbond substituents is 1. The van der Waals surface area contributed by atoms with Crippen LogP contribution in [0.25, 0.3) is 0 Å². The molecule has 0 heterocycles. The van der Waals surface area contributed by atoms with E-state index in [2.05, 4.69) is 79.4 Å². The molecule has 0 saturated heterocycles. The Kier molecular flexibility index (Phi) is 8.53. The first-order valence-corrected chi connectivity index (χ1v) is 12.8. The van der Waals surface area contributed by atoms with Crippen LogP contribution in [0.3, 0.4) is 0 Å². The van der Waals surface area contributed by atoms with Gasteiger partial charge in [0.2, 0.25) is 0 Å². The lowest BCUT2D eigenvalue weighted by Gasteiger charge is -2.41. The standard InChI is InChI=1S/C30H40N2O3/c1-5-32(21-22-6-12-27(13-7-22)35-17-16-31(2)3)30-20-28(34-4)14-15-29(30)25-9-8-24-19-26(33)11-10-23(24)18-25/h6-7,10-15,19-20,25,29-30,33H,5,8-9,16-18,21H2,1-4H3/t25-,29?,30?/m1/s1. The second-order valence-electron chi connectivity index (χ2n) is 10.0. The van der Waals surface area contributed by atoms with E-state index in [9.17, 15) is 5.11 Å². The molecule has 188 valence electrons. The minimum Gasteiger partial charge on any atom is -0.508 e. The van der Waals surface area contributed by atoms with Crippen LogP contribution in [0.5, 0.6) is 11.5 Å². The molecule has 3 atom stereocenters. The Morgan fingerprint density at radius 2 is 1.86 bits per heavy atom. The van der Waals surface area contributed by atoms with E-state index in [-0.39, 0.29) is 6.04 Å². The number of nitrogens with zero attached hydrogens (tertiary/aromatic N) is 2. The molecule has 0 radical (unpaired) electrons. The molecule has 2 aromatic carbocycles. The maximum absolute atomic E-state index is 9.88. The van der Waals surface area contributed by atoms with Crippen LogP contribution in [0.1, 0.15) is 30.0 Å². The van der Waals surface area contributed by atoms with E-state index >= 15 is 0 Å². The van der Waals surface area contributed by atoms with Gasteiger partial charge >= 0.3 is 0 Å². The molecule has 0 aliphatic heterocycles. The molecule has 0 saturated carbocycles. The molecule has 2 aromatic rings. The van der Waals surface area contributed by atoms with Gasteiger partial charge in [-0.3, -0.25) is 4.90 Å². The molecule has 0 spiro atoms. The van der Waals surface area contributed by atoms with Crippen LogP contribution in [0.2, 0.25) is 0 Å². The normalized spacial score (nSPS) is 21.7. The van der Waals surface area contributed by atoms with Gasteiger partial charge in [0, 0.05) is 19.1 Å². The van der Waals surface area contributed by atoms with Gasteiger partial charge in [-0.25, -0.2) is 0 Å². The third-order valence-corrected chi connectivity index (χ3v) is 7.39. The Labute approximate surface area is 210 Å². The summed E-state index contributed by atoms with van der Waals surface area (Å²) < 4.78 is 11.5. The zero-order chi connectivity index (χ0) is 24.8. The highest BCUT2D eigenvalue weighted by molar-refractivity contribution is 5.37. The molecule has 5 heteroatoms. The van der Waals surface area contributed by atoms with Gasteiger partial charge in [0.25, 0.3) is 0 Å². The number of benzene rings is 2. The summed E-state index contributed by atoms with van der Waals surface area (Å²) in [6.45, 7) is 5.68. The minimum absolute atomic E-state index is 0.277. The van der Waals surface area contributed by atoms with E-state index in [0.29, 0.717) is 24.2 Å². The third kappa shape index (κ3) is 6.47. The summed E-state index contributed by atoms with van der Waals surface area (Å²) in [6.07, 6.45) is 10.0.